The number of benzene rings is 2. The Morgan fingerprint density at radius 2 is 1.61 bits per heavy atom. The second-order valence-corrected chi connectivity index (χ2v) is 7.13. The van der Waals surface area contributed by atoms with Crippen LogP contribution in [-0.4, -0.2) is 36.3 Å². The largest absolute Gasteiger partial charge is 0.356 e. The van der Waals surface area contributed by atoms with Crippen molar-refractivity contribution >= 4 is 11.8 Å². The normalized spacial score (nSPS) is 18.9. The number of amides is 2. The Balaban J connectivity index is 1.81. The van der Waals surface area contributed by atoms with E-state index in [0.717, 1.165) is 18.4 Å². The minimum absolute atomic E-state index is 0.0998. The number of nitrogens with zero attached hydrogens (tertiary/aromatic N) is 1. The van der Waals surface area contributed by atoms with Crippen molar-refractivity contribution in [3.05, 3.63) is 71.3 Å². The van der Waals surface area contributed by atoms with Crippen molar-refractivity contribution in [2.24, 2.45) is 5.92 Å². The monoisotopic (exact) mass is 386 g/mol. The quantitative estimate of drug-likeness (QED) is 0.769. The number of nitrogens with one attached hydrogen (secondary N) is 1. The third kappa shape index (κ3) is 4.55. The van der Waals surface area contributed by atoms with Crippen LogP contribution in [0, 0.1) is 17.6 Å². The molecule has 2 aromatic rings. The molecule has 1 heterocycles. The molecule has 0 aromatic heterocycles. The highest BCUT2D eigenvalue weighted by molar-refractivity contribution is 5.95. The Morgan fingerprint density at radius 1 is 1.00 bits per heavy atom. The SMILES string of the molecule is CCCCNC(=O)[C@H]1CN(C(=O)c2ccc(F)cc2)C[C@H]1c1ccc(F)cc1. The van der Waals surface area contributed by atoms with E-state index in [0.29, 0.717) is 18.7 Å². The number of hydrogen-bond donors (Lipinski definition) is 1. The minimum atomic E-state index is -0.410. The number of rotatable bonds is 6. The first-order valence-electron chi connectivity index (χ1n) is 9.57. The van der Waals surface area contributed by atoms with E-state index in [1.165, 1.54) is 36.4 Å². The number of halogens is 2. The molecule has 1 N–H and O–H groups in total. The summed E-state index contributed by atoms with van der Waals surface area (Å²) in [4.78, 5) is 27.2. The van der Waals surface area contributed by atoms with Crippen LogP contribution >= 0.6 is 0 Å². The molecular formula is C22H24F2N2O2. The van der Waals surface area contributed by atoms with Gasteiger partial charge in [0, 0.05) is 31.1 Å². The first-order chi connectivity index (χ1) is 13.5. The van der Waals surface area contributed by atoms with Gasteiger partial charge >= 0.3 is 0 Å². The number of unbranched alkanes of at least 4 members (excludes halogenated alkanes) is 1. The van der Waals surface area contributed by atoms with Gasteiger partial charge in [0.1, 0.15) is 11.6 Å². The maximum absolute atomic E-state index is 13.3. The highest BCUT2D eigenvalue weighted by Gasteiger charge is 2.40. The molecule has 1 aliphatic rings. The van der Waals surface area contributed by atoms with E-state index in [1.54, 1.807) is 17.0 Å². The van der Waals surface area contributed by atoms with Crippen LogP contribution in [0.25, 0.3) is 0 Å². The van der Waals surface area contributed by atoms with Gasteiger partial charge in [0.05, 0.1) is 5.92 Å². The van der Waals surface area contributed by atoms with Crippen molar-refractivity contribution in [2.45, 2.75) is 25.7 Å². The van der Waals surface area contributed by atoms with Gasteiger partial charge in [-0.3, -0.25) is 9.59 Å². The van der Waals surface area contributed by atoms with Gasteiger partial charge in [0.2, 0.25) is 5.91 Å². The standard InChI is InChI=1S/C22H24F2N2O2/c1-2-3-12-25-21(27)20-14-26(22(28)16-6-10-18(24)11-7-16)13-19(20)15-4-8-17(23)9-5-15/h4-11,19-20H,2-3,12-14H2,1H3,(H,25,27)/t19-,20-/m0/s1. The van der Waals surface area contributed by atoms with Gasteiger partial charge in [-0.05, 0) is 48.4 Å². The van der Waals surface area contributed by atoms with Crippen LogP contribution in [0.1, 0.15) is 41.6 Å². The number of likely N-dealkylation sites (tertiary alicyclic amines) is 1. The van der Waals surface area contributed by atoms with Gasteiger partial charge < -0.3 is 10.2 Å². The Kier molecular flexibility index (Phi) is 6.39. The maximum atomic E-state index is 13.3. The summed E-state index contributed by atoms with van der Waals surface area (Å²) in [5, 5.41) is 2.94. The topological polar surface area (TPSA) is 49.4 Å². The summed E-state index contributed by atoms with van der Waals surface area (Å²) >= 11 is 0. The van der Waals surface area contributed by atoms with Crippen molar-refractivity contribution in [3.8, 4) is 0 Å². The molecule has 0 saturated carbocycles. The lowest BCUT2D eigenvalue weighted by Crippen LogP contribution is -2.36. The smallest absolute Gasteiger partial charge is 0.253 e. The zero-order valence-electron chi connectivity index (χ0n) is 15.8. The molecule has 1 aliphatic heterocycles. The van der Waals surface area contributed by atoms with Gasteiger partial charge in [0.15, 0.2) is 0 Å². The third-order valence-electron chi connectivity index (χ3n) is 5.16. The van der Waals surface area contributed by atoms with E-state index in [2.05, 4.69) is 5.32 Å². The van der Waals surface area contributed by atoms with E-state index in [1.807, 2.05) is 6.92 Å². The molecule has 148 valence electrons. The Morgan fingerprint density at radius 3 is 2.21 bits per heavy atom. The molecule has 6 heteroatoms. The Labute approximate surface area is 163 Å². The molecule has 4 nitrogen and oxygen atoms in total. The van der Waals surface area contributed by atoms with Gasteiger partial charge in [-0.2, -0.15) is 0 Å². The first kappa shape index (κ1) is 20.0. The Hall–Kier alpha value is -2.76. The summed E-state index contributed by atoms with van der Waals surface area (Å²) in [5.41, 5.74) is 1.21. The van der Waals surface area contributed by atoms with Crippen LogP contribution in [0.3, 0.4) is 0 Å². The minimum Gasteiger partial charge on any atom is -0.356 e. The fourth-order valence-electron chi connectivity index (χ4n) is 3.58. The molecule has 0 radical (unpaired) electrons. The molecule has 0 spiro atoms. The van der Waals surface area contributed by atoms with Crippen LogP contribution in [0.2, 0.25) is 0 Å². The molecule has 3 rings (SSSR count). The molecule has 2 atom stereocenters. The number of carbonyl (C=O) groups is 2. The van der Waals surface area contributed by atoms with Crippen molar-refractivity contribution < 1.29 is 18.4 Å². The van der Waals surface area contributed by atoms with Gasteiger partial charge in [-0.15, -0.1) is 0 Å². The van der Waals surface area contributed by atoms with Gasteiger partial charge in [-0.25, -0.2) is 8.78 Å². The number of carbonyl (C=O) groups excluding carboxylic acids is 2. The van der Waals surface area contributed by atoms with Crippen LogP contribution in [0.4, 0.5) is 8.78 Å². The van der Waals surface area contributed by atoms with Crippen LogP contribution in [-0.2, 0) is 4.79 Å². The van der Waals surface area contributed by atoms with Crippen molar-refractivity contribution in [2.75, 3.05) is 19.6 Å². The zero-order valence-corrected chi connectivity index (χ0v) is 15.8. The zero-order chi connectivity index (χ0) is 20.1. The molecule has 0 aliphatic carbocycles. The average molecular weight is 386 g/mol. The van der Waals surface area contributed by atoms with Crippen LogP contribution < -0.4 is 5.32 Å². The van der Waals surface area contributed by atoms with Gasteiger partial charge in [0.25, 0.3) is 5.91 Å². The van der Waals surface area contributed by atoms with E-state index in [-0.39, 0.29) is 30.1 Å². The molecule has 0 unspecified atom stereocenters. The lowest BCUT2D eigenvalue weighted by atomic mass is 9.88. The molecule has 2 aromatic carbocycles. The average Bonchev–Trinajstić information content (AvgIpc) is 3.14. The van der Waals surface area contributed by atoms with Crippen LogP contribution in [0.5, 0.6) is 0 Å². The van der Waals surface area contributed by atoms with Crippen molar-refractivity contribution in [3.63, 3.8) is 0 Å². The molecule has 1 fully saturated rings. The van der Waals surface area contributed by atoms with E-state index < -0.39 is 11.7 Å². The van der Waals surface area contributed by atoms with E-state index in [4.69, 9.17) is 0 Å². The lowest BCUT2D eigenvalue weighted by molar-refractivity contribution is -0.124. The predicted molar refractivity (Wildman–Crippen MR) is 103 cm³/mol. The summed E-state index contributed by atoms with van der Waals surface area (Å²) in [6, 6.07) is 11.4. The maximum Gasteiger partial charge on any atom is 0.253 e. The van der Waals surface area contributed by atoms with Gasteiger partial charge in [-0.1, -0.05) is 25.5 Å². The second kappa shape index (κ2) is 8.95. The predicted octanol–water partition coefficient (Wildman–Crippen LogP) is 3.74. The molecule has 1 saturated heterocycles. The molecule has 0 bridgehead atoms. The summed E-state index contributed by atoms with van der Waals surface area (Å²) in [6.07, 6.45) is 1.86. The highest BCUT2D eigenvalue weighted by atomic mass is 19.1. The first-order valence-corrected chi connectivity index (χ1v) is 9.57. The molecular weight excluding hydrogens is 362 g/mol. The molecule has 2 amide bonds. The fraction of sp³-hybridized carbons (Fsp3) is 0.364. The Bertz CT molecular complexity index is 821. The summed E-state index contributed by atoms with van der Waals surface area (Å²) in [6.45, 7) is 3.27. The van der Waals surface area contributed by atoms with Crippen LogP contribution in [0.15, 0.2) is 48.5 Å². The number of hydrogen-bond acceptors (Lipinski definition) is 2. The molecule has 28 heavy (non-hydrogen) atoms. The summed E-state index contributed by atoms with van der Waals surface area (Å²) < 4.78 is 26.5. The fourth-order valence-corrected chi connectivity index (χ4v) is 3.58. The van der Waals surface area contributed by atoms with E-state index >= 15 is 0 Å². The summed E-state index contributed by atoms with van der Waals surface area (Å²) in [7, 11) is 0. The van der Waals surface area contributed by atoms with E-state index in [9.17, 15) is 18.4 Å². The lowest BCUT2D eigenvalue weighted by Gasteiger charge is -2.18. The highest BCUT2D eigenvalue weighted by Crippen LogP contribution is 2.34. The third-order valence-corrected chi connectivity index (χ3v) is 5.16. The van der Waals surface area contributed by atoms with Crippen molar-refractivity contribution in [1.82, 2.24) is 10.2 Å². The van der Waals surface area contributed by atoms with Crippen molar-refractivity contribution in [1.29, 1.82) is 0 Å². The second-order valence-electron chi connectivity index (χ2n) is 7.13. The summed E-state index contributed by atoms with van der Waals surface area (Å²) in [5.74, 6) is -1.72.